The number of nitrogens with zero attached hydrogens (tertiary/aromatic N) is 1. The summed E-state index contributed by atoms with van der Waals surface area (Å²) in [5, 5.41) is 12.7. The van der Waals surface area contributed by atoms with E-state index < -0.39 is 0 Å². The number of aliphatic hydroxyl groups excluding tert-OH is 1. The highest BCUT2D eigenvalue weighted by Gasteiger charge is 2.41. The van der Waals surface area contributed by atoms with Crippen molar-refractivity contribution >= 4 is 0 Å². The molecule has 0 amide bonds. The van der Waals surface area contributed by atoms with E-state index in [1.807, 2.05) is 0 Å². The summed E-state index contributed by atoms with van der Waals surface area (Å²) in [5.41, 5.74) is 0.262. The second-order valence-electron chi connectivity index (χ2n) is 5.75. The Kier molecular flexibility index (Phi) is 4.22. The molecule has 1 aliphatic carbocycles. The predicted molar refractivity (Wildman–Crippen MR) is 66.5 cm³/mol. The van der Waals surface area contributed by atoms with Crippen LogP contribution in [0.15, 0.2) is 0 Å². The van der Waals surface area contributed by atoms with E-state index >= 15 is 0 Å². The average molecular weight is 226 g/mol. The number of hydrogen-bond acceptors (Lipinski definition) is 3. The molecule has 2 aliphatic rings. The Balaban J connectivity index is 1.57. The quantitative estimate of drug-likeness (QED) is 0.669. The zero-order valence-electron chi connectivity index (χ0n) is 10.5. The maximum absolute atomic E-state index is 9.20. The van der Waals surface area contributed by atoms with Gasteiger partial charge in [-0.2, -0.15) is 0 Å². The van der Waals surface area contributed by atoms with Gasteiger partial charge in [-0.05, 0) is 52.2 Å². The summed E-state index contributed by atoms with van der Waals surface area (Å²) < 4.78 is 0. The summed E-state index contributed by atoms with van der Waals surface area (Å²) in [6, 6.07) is 0.783. The van der Waals surface area contributed by atoms with Crippen LogP contribution in [0.3, 0.4) is 0 Å². The second kappa shape index (κ2) is 5.48. The van der Waals surface area contributed by atoms with E-state index in [1.165, 1.54) is 45.1 Å². The normalized spacial score (nSPS) is 29.2. The summed E-state index contributed by atoms with van der Waals surface area (Å²) >= 11 is 0. The summed E-state index contributed by atoms with van der Waals surface area (Å²) in [6.07, 6.45) is 7.81. The first-order chi connectivity index (χ1) is 7.76. The molecule has 1 unspecified atom stereocenters. The van der Waals surface area contributed by atoms with Gasteiger partial charge in [0, 0.05) is 24.6 Å². The van der Waals surface area contributed by atoms with E-state index in [4.69, 9.17) is 0 Å². The third-order valence-electron chi connectivity index (χ3n) is 4.37. The van der Waals surface area contributed by atoms with Crippen molar-refractivity contribution in [3.63, 3.8) is 0 Å². The van der Waals surface area contributed by atoms with E-state index in [2.05, 4.69) is 17.3 Å². The van der Waals surface area contributed by atoms with Crippen LogP contribution in [0.2, 0.25) is 0 Å². The van der Waals surface area contributed by atoms with Gasteiger partial charge in [0.15, 0.2) is 0 Å². The van der Waals surface area contributed by atoms with Crippen molar-refractivity contribution in [1.29, 1.82) is 0 Å². The lowest BCUT2D eigenvalue weighted by molar-refractivity contribution is 0.171. The smallest absolute Gasteiger partial charge is 0.0499 e. The Morgan fingerprint density at radius 3 is 2.81 bits per heavy atom. The van der Waals surface area contributed by atoms with E-state index in [1.54, 1.807) is 0 Å². The minimum atomic E-state index is 0.262. The maximum Gasteiger partial charge on any atom is 0.0499 e. The van der Waals surface area contributed by atoms with Gasteiger partial charge in [0.05, 0.1) is 0 Å². The lowest BCUT2D eigenvalue weighted by Gasteiger charge is -2.32. The fourth-order valence-corrected chi connectivity index (χ4v) is 2.70. The van der Waals surface area contributed by atoms with Crippen LogP contribution in [0.25, 0.3) is 0 Å². The fourth-order valence-electron chi connectivity index (χ4n) is 2.70. The van der Waals surface area contributed by atoms with Crippen LogP contribution in [0.1, 0.15) is 38.5 Å². The summed E-state index contributed by atoms with van der Waals surface area (Å²) in [6.45, 7) is 3.76. The second-order valence-corrected chi connectivity index (χ2v) is 5.75. The first kappa shape index (κ1) is 12.3. The van der Waals surface area contributed by atoms with Crippen LogP contribution in [0.4, 0.5) is 0 Å². The molecule has 1 aliphatic heterocycles. The molecule has 0 bridgehead atoms. The highest BCUT2D eigenvalue weighted by atomic mass is 16.3. The van der Waals surface area contributed by atoms with Gasteiger partial charge < -0.3 is 15.3 Å². The van der Waals surface area contributed by atoms with Gasteiger partial charge in [0.2, 0.25) is 0 Å². The Morgan fingerprint density at radius 2 is 2.19 bits per heavy atom. The molecule has 1 heterocycles. The van der Waals surface area contributed by atoms with E-state index in [-0.39, 0.29) is 5.41 Å². The van der Waals surface area contributed by atoms with Crippen LogP contribution in [-0.4, -0.2) is 49.3 Å². The largest absolute Gasteiger partial charge is 0.396 e. The molecule has 3 heteroatoms. The number of likely N-dealkylation sites (tertiary alicyclic amines) is 1. The summed E-state index contributed by atoms with van der Waals surface area (Å²) in [4.78, 5) is 2.50. The monoisotopic (exact) mass is 226 g/mol. The first-order valence-corrected chi connectivity index (χ1v) is 6.78. The first-order valence-electron chi connectivity index (χ1n) is 6.78. The fraction of sp³-hybridized carbons (Fsp3) is 1.00. The van der Waals surface area contributed by atoms with Gasteiger partial charge in [-0.15, -0.1) is 0 Å². The molecule has 0 aromatic carbocycles. The van der Waals surface area contributed by atoms with Gasteiger partial charge in [0.25, 0.3) is 0 Å². The van der Waals surface area contributed by atoms with Crippen molar-refractivity contribution in [1.82, 2.24) is 10.2 Å². The van der Waals surface area contributed by atoms with E-state index in [0.29, 0.717) is 6.61 Å². The molecule has 3 nitrogen and oxygen atoms in total. The SMILES string of the molecule is CN1CCCCC1CCNCC1(CO)CC1. The molecule has 94 valence electrons. The molecule has 2 N–H and O–H groups in total. The third-order valence-corrected chi connectivity index (χ3v) is 4.37. The highest BCUT2D eigenvalue weighted by molar-refractivity contribution is 4.94. The molecule has 0 radical (unpaired) electrons. The number of nitrogens with one attached hydrogen (secondary N) is 1. The molecule has 0 aromatic heterocycles. The van der Waals surface area contributed by atoms with Crippen LogP contribution in [0.5, 0.6) is 0 Å². The van der Waals surface area contributed by atoms with Crippen molar-refractivity contribution in [2.24, 2.45) is 5.41 Å². The molecule has 1 saturated carbocycles. The molecule has 0 aromatic rings. The Hall–Kier alpha value is -0.120. The van der Waals surface area contributed by atoms with Gasteiger partial charge in [-0.3, -0.25) is 0 Å². The minimum absolute atomic E-state index is 0.262. The molecular formula is C13H26N2O. The zero-order chi connectivity index (χ0) is 11.4. The van der Waals surface area contributed by atoms with Crippen molar-refractivity contribution in [2.45, 2.75) is 44.6 Å². The Labute approximate surface area is 99.2 Å². The van der Waals surface area contributed by atoms with Gasteiger partial charge in [0.1, 0.15) is 0 Å². The van der Waals surface area contributed by atoms with Gasteiger partial charge in [-0.25, -0.2) is 0 Å². The van der Waals surface area contributed by atoms with Gasteiger partial charge in [-0.1, -0.05) is 6.42 Å². The number of rotatable bonds is 6. The highest BCUT2D eigenvalue weighted by Crippen LogP contribution is 2.44. The summed E-state index contributed by atoms with van der Waals surface area (Å²) in [7, 11) is 2.25. The summed E-state index contributed by atoms with van der Waals surface area (Å²) in [5.74, 6) is 0. The Morgan fingerprint density at radius 1 is 1.38 bits per heavy atom. The molecule has 1 saturated heterocycles. The van der Waals surface area contributed by atoms with Crippen LogP contribution in [0, 0.1) is 5.41 Å². The molecule has 2 fully saturated rings. The van der Waals surface area contributed by atoms with Crippen LogP contribution < -0.4 is 5.32 Å². The number of aliphatic hydroxyl groups is 1. The van der Waals surface area contributed by atoms with E-state index in [9.17, 15) is 5.11 Å². The van der Waals surface area contributed by atoms with Crippen LogP contribution >= 0.6 is 0 Å². The standard InChI is InChI=1S/C13H26N2O/c1-15-9-3-2-4-12(15)5-8-14-10-13(11-16)6-7-13/h12,14,16H,2-11H2,1H3. The molecule has 2 rings (SSSR count). The Bertz CT molecular complexity index is 216. The molecule has 1 atom stereocenters. The van der Waals surface area contributed by atoms with Crippen molar-refractivity contribution in [2.75, 3.05) is 33.3 Å². The predicted octanol–water partition coefficient (Wildman–Crippen LogP) is 1.22. The van der Waals surface area contributed by atoms with E-state index in [0.717, 1.165) is 19.1 Å². The average Bonchev–Trinajstić information content (AvgIpc) is 3.07. The van der Waals surface area contributed by atoms with Gasteiger partial charge >= 0.3 is 0 Å². The lowest BCUT2D eigenvalue weighted by atomic mass is 10.00. The number of hydrogen-bond donors (Lipinski definition) is 2. The number of piperidine rings is 1. The maximum atomic E-state index is 9.20. The molecular weight excluding hydrogens is 200 g/mol. The van der Waals surface area contributed by atoms with Crippen molar-refractivity contribution < 1.29 is 5.11 Å². The zero-order valence-corrected chi connectivity index (χ0v) is 10.5. The van der Waals surface area contributed by atoms with Crippen molar-refractivity contribution in [3.8, 4) is 0 Å². The molecule has 0 spiro atoms. The third kappa shape index (κ3) is 3.19. The molecule has 16 heavy (non-hydrogen) atoms. The minimum Gasteiger partial charge on any atom is -0.396 e. The topological polar surface area (TPSA) is 35.5 Å². The van der Waals surface area contributed by atoms with Crippen LogP contribution in [-0.2, 0) is 0 Å². The lowest BCUT2D eigenvalue weighted by Crippen LogP contribution is -2.39. The van der Waals surface area contributed by atoms with Crippen molar-refractivity contribution in [3.05, 3.63) is 0 Å².